The van der Waals surface area contributed by atoms with Gasteiger partial charge >= 0.3 is 5.97 Å². The van der Waals surface area contributed by atoms with Crippen LogP contribution in [0.2, 0.25) is 0 Å². The third-order valence-electron chi connectivity index (χ3n) is 1.08. The second-order valence-corrected chi connectivity index (χ2v) is 2.67. The monoisotopic (exact) mass is 203 g/mol. The Bertz CT molecular complexity index is 244. The molecule has 1 N–H and O–H groups in total. The molecule has 0 unspecified atom stereocenters. The van der Waals surface area contributed by atoms with Crippen LogP contribution in [0.25, 0.3) is 0 Å². The maximum absolute atomic E-state index is 10.2. The number of hydrogen-bond acceptors (Lipinski definition) is 1. The minimum absolute atomic E-state index is 0.00752. The number of carboxylic acid groups (broad SMARTS) is 1. The molecule has 0 spiro atoms. The Balaban J connectivity index is 2.74. The van der Waals surface area contributed by atoms with Crippen LogP contribution < -0.4 is 0 Å². The number of aliphatic carboxylic acids is 1. The molecule has 4 heteroatoms. The van der Waals surface area contributed by atoms with Crippen molar-refractivity contribution in [1.29, 1.82) is 0 Å². The molecule has 1 rings (SSSR count). The van der Waals surface area contributed by atoms with Crippen LogP contribution in [0.3, 0.4) is 0 Å². The number of aromatic nitrogens is 1. The summed E-state index contributed by atoms with van der Waals surface area (Å²) in [5.41, 5.74) is 0. The van der Waals surface area contributed by atoms with E-state index >= 15 is 0 Å². The molecule has 0 aliphatic rings. The van der Waals surface area contributed by atoms with E-state index in [4.69, 9.17) is 5.11 Å². The summed E-state index contributed by atoms with van der Waals surface area (Å²) < 4.78 is 2.39. The van der Waals surface area contributed by atoms with Crippen molar-refractivity contribution >= 4 is 21.9 Å². The maximum atomic E-state index is 10.2. The lowest BCUT2D eigenvalue weighted by atomic mass is 10.6. The summed E-state index contributed by atoms with van der Waals surface area (Å²) in [5.74, 6) is -0.836. The largest absolute Gasteiger partial charge is 0.480 e. The van der Waals surface area contributed by atoms with Crippen LogP contribution in [0.5, 0.6) is 0 Å². The van der Waals surface area contributed by atoms with Gasteiger partial charge in [0.05, 0.1) is 4.60 Å². The second-order valence-electron chi connectivity index (χ2n) is 1.85. The van der Waals surface area contributed by atoms with Crippen molar-refractivity contribution in [3.63, 3.8) is 0 Å². The molecule has 0 atom stereocenters. The third-order valence-corrected chi connectivity index (χ3v) is 1.80. The van der Waals surface area contributed by atoms with Crippen LogP contribution >= 0.6 is 15.9 Å². The first-order valence-electron chi connectivity index (χ1n) is 2.72. The minimum atomic E-state index is -0.836. The van der Waals surface area contributed by atoms with Gasteiger partial charge in [-0.25, -0.2) is 0 Å². The number of halogens is 1. The Morgan fingerprint density at radius 1 is 1.80 bits per heavy atom. The van der Waals surface area contributed by atoms with Gasteiger partial charge in [-0.05, 0) is 28.1 Å². The Hall–Kier alpha value is -0.770. The van der Waals surface area contributed by atoms with Gasteiger partial charge in [0.25, 0.3) is 0 Å². The summed E-state index contributed by atoms with van der Waals surface area (Å²) in [6.07, 6.45) is 1.71. The fourth-order valence-corrected chi connectivity index (χ4v) is 1.06. The van der Waals surface area contributed by atoms with Gasteiger partial charge in [-0.3, -0.25) is 4.79 Å². The first-order valence-corrected chi connectivity index (χ1v) is 3.52. The number of rotatable bonds is 2. The number of carbonyl (C=O) groups is 1. The van der Waals surface area contributed by atoms with E-state index in [-0.39, 0.29) is 6.54 Å². The van der Waals surface area contributed by atoms with Gasteiger partial charge < -0.3 is 9.67 Å². The average molecular weight is 204 g/mol. The molecule has 1 heterocycles. The van der Waals surface area contributed by atoms with Gasteiger partial charge in [0.2, 0.25) is 0 Å². The van der Waals surface area contributed by atoms with Crippen LogP contribution in [-0.2, 0) is 11.3 Å². The fraction of sp³-hybridized carbons (Fsp3) is 0.167. The zero-order chi connectivity index (χ0) is 7.56. The van der Waals surface area contributed by atoms with E-state index in [1.165, 1.54) is 0 Å². The van der Waals surface area contributed by atoms with E-state index < -0.39 is 5.97 Å². The van der Waals surface area contributed by atoms with Crippen LogP contribution in [0.4, 0.5) is 0 Å². The standard InChI is InChI=1S/C6H6BrNO2/c7-5-2-1-3-8(5)4-6(9)10/h1-3H,4H2,(H,9,10). The summed E-state index contributed by atoms with van der Waals surface area (Å²) >= 11 is 3.19. The first kappa shape index (κ1) is 7.34. The molecule has 0 radical (unpaired) electrons. The predicted octanol–water partition coefficient (Wildman–Crippen LogP) is 1.34. The third kappa shape index (κ3) is 1.60. The zero-order valence-electron chi connectivity index (χ0n) is 5.12. The van der Waals surface area contributed by atoms with E-state index in [1.54, 1.807) is 22.9 Å². The molecule has 0 saturated carbocycles. The lowest BCUT2D eigenvalue weighted by Gasteiger charge is -1.97. The summed E-state index contributed by atoms with van der Waals surface area (Å²) in [6.45, 7) is 0.00752. The van der Waals surface area contributed by atoms with E-state index in [9.17, 15) is 4.79 Å². The highest BCUT2D eigenvalue weighted by Crippen LogP contribution is 2.09. The van der Waals surface area contributed by atoms with Gasteiger partial charge in [0.15, 0.2) is 0 Å². The molecule has 0 bridgehead atoms. The first-order chi connectivity index (χ1) is 4.70. The summed E-state index contributed by atoms with van der Waals surface area (Å²) in [4.78, 5) is 10.2. The van der Waals surface area contributed by atoms with Gasteiger partial charge in [0, 0.05) is 6.20 Å². The minimum Gasteiger partial charge on any atom is -0.480 e. The van der Waals surface area contributed by atoms with Crippen molar-refractivity contribution in [3.8, 4) is 0 Å². The molecule has 10 heavy (non-hydrogen) atoms. The highest BCUT2D eigenvalue weighted by Gasteiger charge is 2.00. The average Bonchev–Trinajstić information content (AvgIpc) is 2.15. The Morgan fingerprint density at radius 2 is 2.50 bits per heavy atom. The normalized spacial score (nSPS) is 9.70. The Kier molecular flexibility index (Phi) is 2.11. The summed E-state index contributed by atoms with van der Waals surface area (Å²) in [5, 5.41) is 8.37. The van der Waals surface area contributed by atoms with Crippen LogP contribution in [0.15, 0.2) is 22.9 Å². The van der Waals surface area contributed by atoms with Crippen LogP contribution in [-0.4, -0.2) is 15.6 Å². The molecule has 0 saturated heterocycles. The van der Waals surface area contributed by atoms with Crippen molar-refractivity contribution in [2.45, 2.75) is 6.54 Å². The summed E-state index contributed by atoms with van der Waals surface area (Å²) in [6, 6.07) is 3.58. The molecule has 0 aliphatic carbocycles. The molecular formula is C6H6BrNO2. The van der Waals surface area contributed by atoms with Gasteiger partial charge in [-0.15, -0.1) is 0 Å². The molecule has 0 amide bonds. The highest BCUT2D eigenvalue weighted by atomic mass is 79.9. The number of carboxylic acids is 1. The molecule has 1 aromatic rings. The van der Waals surface area contributed by atoms with Crippen molar-refractivity contribution in [2.24, 2.45) is 0 Å². The molecule has 0 aliphatic heterocycles. The van der Waals surface area contributed by atoms with Gasteiger partial charge in [-0.1, -0.05) is 0 Å². The van der Waals surface area contributed by atoms with Crippen molar-refractivity contribution in [3.05, 3.63) is 22.9 Å². The van der Waals surface area contributed by atoms with E-state index in [2.05, 4.69) is 15.9 Å². The van der Waals surface area contributed by atoms with Crippen molar-refractivity contribution < 1.29 is 9.90 Å². The Morgan fingerprint density at radius 3 is 2.90 bits per heavy atom. The van der Waals surface area contributed by atoms with Gasteiger partial charge in [-0.2, -0.15) is 0 Å². The smallest absolute Gasteiger partial charge is 0.323 e. The van der Waals surface area contributed by atoms with E-state index in [0.717, 1.165) is 4.60 Å². The van der Waals surface area contributed by atoms with Crippen LogP contribution in [0, 0.1) is 0 Å². The second kappa shape index (κ2) is 2.88. The number of hydrogen-bond donors (Lipinski definition) is 1. The maximum Gasteiger partial charge on any atom is 0.323 e. The molecule has 54 valence electrons. The summed E-state index contributed by atoms with van der Waals surface area (Å²) in [7, 11) is 0. The molecule has 1 aromatic heterocycles. The van der Waals surface area contributed by atoms with Crippen LogP contribution in [0.1, 0.15) is 0 Å². The quantitative estimate of drug-likeness (QED) is 0.789. The zero-order valence-corrected chi connectivity index (χ0v) is 6.71. The Labute approximate surface area is 66.4 Å². The lowest BCUT2D eigenvalue weighted by Crippen LogP contribution is -2.07. The van der Waals surface area contributed by atoms with Crippen molar-refractivity contribution in [2.75, 3.05) is 0 Å². The topological polar surface area (TPSA) is 42.2 Å². The van der Waals surface area contributed by atoms with E-state index in [1.807, 2.05) is 0 Å². The van der Waals surface area contributed by atoms with Gasteiger partial charge in [0.1, 0.15) is 6.54 Å². The highest BCUT2D eigenvalue weighted by molar-refractivity contribution is 9.10. The molecule has 0 aromatic carbocycles. The molecule has 3 nitrogen and oxygen atoms in total. The van der Waals surface area contributed by atoms with Crippen molar-refractivity contribution in [1.82, 2.24) is 4.57 Å². The molecular weight excluding hydrogens is 198 g/mol. The van der Waals surface area contributed by atoms with E-state index in [0.29, 0.717) is 0 Å². The SMILES string of the molecule is O=C(O)Cn1cccc1Br. The number of nitrogens with zero attached hydrogens (tertiary/aromatic N) is 1. The lowest BCUT2D eigenvalue weighted by molar-refractivity contribution is -0.137. The fourth-order valence-electron chi connectivity index (χ4n) is 0.667. The molecule has 0 fully saturated rings. The predicted molar refractivity (Wildman–Crippen MR) is 39.8 cm³/mol.